The highest BCUT2D eigenvalue weighted by Gasteiger charge is 2.32. The third-order valence-corrected chi connectivity index (χ3v) is 5.20. The van der Waals surface area contributed by atoms with E-state index in [4.69, 9.17) is 4.74 Å². The molecule has 0 saturated heterocycles. The smallest absolute Gasteiger partial charge is 0.408 e. The van der Waals surface area contributed by atoms with Crippen LogP contribution in [-0.4, -0.2) is 44.4 Å². The molecule has 4 rings (SSSR count). The molecule has 1 aromatic carbocycles. The maximum atomic E-state index is 13.7. The highest BCUT2D eigenvalue weighted by atomic mass is 19.4. The van der Waals surface area contributed by atoms with Gasteiger partial charge in [0.1, 0.15) is 17.9 Å². The zero-order valence-electron chi connectivity index (χ0n) is 18.0. The number of amides is 1. The maximum Gasteiger partial charge on any atom is 0.408 e. The number of carbonyl (C=O) groups excluding carboxylic acids is 1. The van der Waals surface area contributed by atoms with Gasteiger partial charge in [0.05, 0.1) is 18.4 Å². The molecule has 0 unspecified atom stereocenters. The van der Waals surface area contributed by atoms with Crippen LogP contribution < -0.4 is 10.1 Å². The fourth-order valence-corrected chi connectivity index (χ4v) is 3.38. The lowest BCUT2D eigenvalue weighted by Gasteiger charge is -2.16. The molecule has 2 aromatic heterocycles. The molecule has 34 heavy (non-hydrogen) atoms. The number of alkyl halides is 5. The van der Waals surface area contributed by atoms with Gasteiger partial charge in [-0.1, -0.05) is 31.2 Å². The Kier molecular flexibility index (Phi) is 6.24. The summed E-state index contributed by atoms with van der Waals surface area (Å²) in [6.07, 6.45) is -1.88. The number of hydrogen-bond acceptors (Lipinski definition) is 5. The van der Waals surface area contributed by atoms with Gasteiger partial charge in [0.2, 0.25) is 5.88 Å². The van der Waals surface area contributed by atoms with Crippen LogP contribution in [0.1, 0.15) is 40.8 Å². The van der Waals surface area contributed by atoms with Crippen molar-refractivity contribution in [3.05, 3.63) is 59.3 Å². The Hall–Kier alpha value is -3.57. The molecule has 180 valence electrons. The van der Waals surface area contributed by atoms with Crippen molar-refractivity contribution in [2.24, 2.45) is 0 Å². The van der Waals surface area contributed by atoms with Crippen LogP contribution >= 0.6 is 0 Å². The largest absolute Gasteiger partial charge is 0.471 e. The number of ether oxygens (including phenoxy) is 1. The first-order chi connectivity index (χ1) is 16.0. The second-order valence-corrected chi connectivity index (χ2v) is 7.86. The lowest BCUT2D eigenvalue weighted by molar-refractivity contribution is -0.142. The molecule has 0 radical (unpaired) electrons. The van der Waals surface area contributed by atoms with Gasteiger partial charge in [-0.25, -0.2) is 13.8 Å². The van der Waals surface area contributed by atoms with E-state index >= 15 is 0 Å². The first-order valence-corrected chi connectivity index (χ1v) is 10.4. The fourth-order valence-electron chi connectivity index (χ4n) is 3.38. The summed E-state index contributed by atoms with van der Waals surface area (Å²) in [5.74, 6) is -3.43. The molecule has 1 amide bonds. The van der Waals surface area contributed by atoms with E-state index in [0.717, 1.165) is 10.2 Å². The minimum Gasteiger partial charge on any atom is -0.471 e. The van der Waals surface area contributed by atoms with Crippen molar-refractivity contribution in [3.63, 3.8) is 0 Å². The van der Waals surface area contributed by atoms with Gasteiger partial charge in [-0.2, -0.15) is 23.3 Å². The van der Waals surface area contributed by atoms with E-state index in [0.29, 0.717) is 16.8 Å². The van der Waals surface area contributed by atoms with Crippen molar-refractivity contribution in [2.75, 3.05) is 6.61 Å². The third kappa shape index (κ3) is 5.49. The SMILES string of the molecule is CCC(F)(F)COc1nc(Cc2ccc(-c3cnn(CC(F)(F)F)c3)cc2)nc2c1C(=O)NC2. The van der Waals surface area contributed by atoms with Gasteiger partial charge in [-0.05, 0) is 11.1 Å². The van der Waals surface area contributed by atoms with Crippen LogP contribution in [-0.2, 0) is 19.5 Å². The van der Waals surface area contributed by atoms with Gasteiger partial charge in [0.25, 0.3) is 11.8 Å². The normalized spacial score (nSPS) is 13.6. The van der Waals surface area contributed by atoms with Crippen molar-refractivity contribution < 1.29 is 31.5 Å². The van der Waals surface area contributed by atoms with Gasteiger partial charge in [-0.3, -0.25) is 9.48 Å². The number of fused-ring (bicyclic) bond motifs is 1. The summed E-state index contributed by atoms with van der Waals surface area (Å²) in [5.41, 5.74) is 2.41. The van der Waals surface area contributed by atoms with E-state index in [1.54, 1.807) is 24.3 Å². The summed E-state index contributed by atoms with van der Waals surface area (Å²) in [7, 11) is 0. The Balaban J connectivity index is 1.51. The molecule has 1 aliphatic heterocycles. The molecule has 7 nitrogen and oxygen atoms in total. The van der Waals surface area contributed by atoms with Crippen molar-refractivity contribution in [1.29, 1.82) is 0 Å². The van der Waals surface area contributed by atoms with Gasteiger partial charge in [0, 0.05) is 24.6 Å². The second kappa shape index (κ2) is 8.99. The summed E-state index contributed by atoms with van der Waals surface area (Å²) in [5, 5.41) is 6.32. The molecule has 3 aromatic rings. The molecule has 1 aliphatic rings. The number of hydrogen-bond donors (Lipinski definition) is 1. The van der Waals surface area contributed by atoms with Crippen LogP contribution in [0.5, 0.6) is 5.88 Å². The highest BCUT2D eigenvalue weighted by molar-refractivity contribution is 5.99. The second-order valence-electron chi connectivity index (χ2n) is 7.86. The number of carbonyl (C=O) groups is 1. The standard InChI is InChI=1S/C22H20F5N5O2/c1-2-21(23,24)12-34-20-18-16(9-28-19(18)33)30-17(31-20)7-13-3-5-14(6-4-13)15-8-29-32(10-15)11-22(25,26)27/h3-6,8,10H,2,7,9,11-12H2,1H3,(H,28,33). The average molecular weight is 481 g/mol. The van der Waals surface area contributed by atoms with E-state index in [-0.39, 0.29) is 30.2 Å². The van der Waals surface area contributed by atoms with Gasteiger partial charge in [-0.15, -0.1) is 0 Å². The molecule has 3 heterocycles. The summed E-state index contributed by atoms with van der Waals surface area (Å²) in [6.45, 7) is -0.606. The summed E-state index contributed by atoms with van der Waals surface area (Å²) in [4.78, 5) is 20.6. The molecule has 0 spiro atoms. The number of nitrogens with one attached hydrogen (secondary N) is 1. The maximum absolute atomic E-state index is 13.7. The molecule has 0 atom stereocenters. The highest BCUT2D eigenvalue weighted by Crippen LogP contribution is 2.27. The topological polar surface area (TPSA) is 81.9 Å². The molecule has 0 bridgehead atoms. The Morgan fingerprint density at radius 1 is 1.09 bits per heavy atom. The first-order valence-electron chi connectivity index (χ1n) is 10.4. The van der Waals surface area contributed by atoms with Crippen molar-refractivity contribution in [1.82, 2.24) is 25.1 Å². The molecular formula is C22H20F5N5O2. The van der Waals surface area contributed by atoms with Crippen LogP contribution in [0, 0.1) is 0 Å². The molecular weight excluding hydrogens is 461 g/mol. The monoisotopic (exact) mass is 481 g/mol. The Morgan fingerprint density at radius 3 is 2.50 bits per heavy atom. The zero-order chi connectivity index (χ0) is 24.5. The Morgan fingerprint density at radius 2 is 1.82 bits per heavy atom. The van der Waals surface area contributed by atoms with Crippen LogP contribution in [0.3, 0.4) is 0 Å². The van der Waals surface area contributed by atoms with E-state index < -0.39 is 37.6 Å². The van der Waals surface area contributed by atoms with Crippen LogP contribution in [0.2, 0.25) is 0 Å². The van der Waals surface area contributed by atoms with E-state index in [9.17, 15) is 26.7 Å². The predicted molar refractivity (Wildman–Crippen MR) is 110 cm³/mol. The number of halogens is 5. The molecule has 12 heteroatoms. The molecule has 0 saturated carbocycles. The van der Waals surface area contributed by atoms with Gasteiger partial charge in [0.15, 0.2) is 6.61 Å². The first kappa shape index (κ1) is 23.6. The number of nitrogens with zero attached hydrogens (tertiary/aromatic N) is 4. The summed E-state index contributed by atoms with van der Waals surface area (Å²) >= 11 is 0. The molecule has 0 fully saturated rings. The average Bonchev–Trinajstić information content (AvgIpc) is 3.38. The zero-order valence-corrected chi connectivity index (χ0v) is 18.0. The van der Waals surface area contributed by atoms with Crippen molar-refractivity contribution in [3.8, 4) is 17.0 Å². The fraction of sp³-hybridized carbons (Fsp3) is 0.364. The number of benzene rings is 1. The summed E-state index contributed by atoms with van der Waals surface area (Å²) in [6, 6.07) is 6.95. The van der Waals surface area contributed by atoms with Crippen molar-refractivity contribution >= 4 is 5.91 Å². The minimum absolute atomic E-state index is 0.0573. The molecule has 0 aliphatic carbocycles. The lowest BCUT2D eigenvalue weighted by Crippen LogP contribution is -2.26. The molecule has 1 N–H and O–H groups in total. The van der Waals surface area contributed by atoms with Gasteiger partial charge >= 0.3 is 6.18 Å². The Labute approximate surface area is 191 Å². The van der Waals surface area contributed by atoms with Crippen LogP contribution in [0.25, 0.3) is 11.1 Å². The summed E-state index contributed by atoms with van der Waals surface area (Å²) < 4.78 is 71.0. The number of rotatable bonds is 8. The lowest BCUT2D eigenvalue weighted by atomic mass is 10.1. The van der Waals surface area contributed by atoms with E-state index in [1.807, 2.05) is 0 Å². The quantitative estimate of drug-likeness (QED) is 0.489. The van der Waals surface area contributed by atoms with Crippen LogP contribution in [0.15, 0.2) is 36.7 Å². The van der Waals surface area contributed by atoms with E-state index in [1.165, 1.54) is 19.3 Å². The third-order valence-electron chi connectivity index (χ3n) is 5.20. The van der Waals surface area contributed by atoms with Crippen molar-refractivity contribution in [2.45, 2.75) is 45.0 Å². The predicted octanol–water partition coefficient (Wildman–Crippen LogP) is 4.16. The van der Waals surface area contributed by atoms with E-state index in [2.05, 4.69) is 20.4 Å². The number of aromatic nitrogens is 4. The van der Waals surface area contributed by atoms with Crippen LogP contribution in [0.4, 0.5) is 22.0 Å². The van der Waals surface area contributed by atoms with Gasteiger partial charge < -0.3 is 10.1 Å². The Bertz CT molecular complexity index is 1190. The minimum atomic E-state index is -4.36.